The second kappa shape index (κ2) is 7.22. The maximum atomic E-state index is 11.6. The maximum absolute atomic E-state index is 11.6. The molecule has 0 saturated carbocycles. The summed E-state index contributed by atoms with van der Waals surface area (Å²) in [7, 11) is 2.13. The van der Waals surface area contributed by atoms with E-state index in [1.807, 2.05) is 0 Å². The van der Waals surface area contributed by atoms with Crippen LogP contribution in [0.4, 0.5) is 0 Å². The van der Waals surface area contributed by atoms with Gasteiger partial charge in [0, 0.05) is 11.3 Å². The molecule has 0 aromatic heterocycles. The molecule has 0 N–H and O–H groups in total. The predicted molar refractivity (Wildman–Crippen MR) is 68.5 cm³/mol. The van der Waals surface area contributed by atoms with Gasteiger partial charge in [0.1, 0.15) is 0 Å². The van der Waals surface area contributed by atoms with Gasteiger partial charge in [-0.1, -0.05) is 30.3 Å². The number of rotatable bonds is 6. The Labute approximate surface area is 115 Å². The van der Waals surface area contributed by atoms with Gasteiger partial charge in [-0.05, 0) is 5.56 Å². The van der Waals surface area contributed by atoms with Crippen LogP contribution in [0.5, 0.6) is 0 Å². The van der Waals surface area contributed by atoms with E-state index in [2.05, 4.69) is 9.47 Å². The summed E-state index contributed by atoms with van der Waals surface area (Å²) in [5.74, 6) is -3.54. The van der Waals surface area contributed by atoms with Gasteiger partial charge >= 0.3 is 11.9 Å². The number of carbonyl (C=O) groups is 2. The van der Waals surface area contributed by atoms with Crippen LogP contribution in [-0.2, 0) is 25.5 Å². The molecular weight excluding hydrogens is 266 g/mol. The largest absolute Gasteiger partial charge is 0.468 e. The summed E-state index contributed by atoms with van der Waals surface area (Å²) >= 11 is 0. The van der Waals surface area contributed by atoms with Gasteiger partial charge in [-0.25, -0.2) is 0 Å². The Morgan fingerprint density at radius 2 is 1.65 bits per heavy atom. The van der Waals surface area contributed by atoms with E-state index in [4.69, 9.17) is 0 Å². The van der Waals surface area contributed by atoms with Crippen LogP contribution in [0.2, 0.25) is 0 Å². The smallest absolute Gasteiger partial charge is 0.327 e. The molecule has 0 aliphatic rings. The number of hydrogen-bond donors (Lipinski definition) is 0. The maximum Gasteiger partial charge on any atom is 0.327 e. The lowest BCUT2D eigenvalue weighted by Gasteiger charge is -2.17. The summed E-state index contributed by atoms with van der Waals surface area (Å²) in [6.07, 6.45) is -0.0668. The number of carbonyl (C=O) groups excluding carboxylic acids is 2. The summed E-state index contributed by atoms with van der Waals surface area (Å²) in [6, 6.07) is 7.14. The van der Waals surface area contributed by atoms with Gasteiger partial charge in [-0.2, -0.15) is 0 Å². The normalized spacial score (nSPS) is 11.8. The molecule has 7 nitrogen and oxygen atoms in total. The Kier molecular flexibility index (Phi) is 5.64. The highest BCUT2D eigenvalue weighted by molar-refractivity contribution is 5.95. The number of nitrogens with zero attached hydrogens (tertiary/aromatic N) is 1. The van der Waals surface area contributed by atoms with Gasteiger partial charge < -0.3 is 9.47 Å². The number of hydrogen-bond acceptors (Lipinski definition) is 6. The zero-order chi connectivity index (χ0) is 15.1. The van der Waals surface area contributed by atoms with Crippen LogP contribution in [0.3, 0.4) is 0 Å². The highest BCUT2D eigenvalue weighted by Gasteiger charge is 2.44. The topological polar surface area (TPSA) is 95.7 Å². The van der Waals surface area contributed by atoms with Gasteiger partial charge in [-0.15, -0.1) is 0 Å². The lowest BCUT2D eigenvalue weighted by Crippen LogP contribution is -2.42. The third-order valence-corrected chi connectivity index (χ3v) is 2.85. The first-order valence-corrected chi connectivity index (χ1v) is 5.84. The molecule has 0 unspecified atom stereocenters. The molecule has 108 valence electrons. The summed E-state index contributed by atoms with van der Waals surface area (Å²) in [4.78, 5) is 33.8. The lowest BCUT2D eigenvalue weighted by atomic mass is 9.94. The number of methoxy groups -OCH3 is 2. The Bertz CT molecular complexity index is 471. The number of esters is 2. The standard InChI is InChI=1S/C13H15NO6/c1-19-12(15)11(13(16)20-2)10(14(17)18)8-9-6-4-3-5-7-9/h3-7,10-11H,8H2,1-2H3/t10-/m1/s1. The van der Waals surface area contributed by atoms with Gasteiger partial charge in [0.25, 0.3) is 0 Å². The van der Waals surface area contributed by atoms with Crippen LogP contribution in [-0.4, -0.2) is 37.1 Å². The SMILES string of the molecule is COC(=O)C(C(=O)OC)[C@@H](Cc1ccccc1)[N+](=O)[O-]. The summed E-state index contributed by atoms with van der Waals surface area (Å²) in [5, 5.41) is 11.2. The molecule has 0 spiro atoms. The van der Waals surface area contributed by atoms with Crippen molar-refractivity contribution in [2.24, 2.45) is 5.92 Å². The molecule has 20 heavy (non-hydrogen) atoms. The molecule has 0 saturated heterocycles. The molecule has 1 aromatic carbocycles. The van der Waals surface area contributed by atoms with Crippen LogP contribution in [0.1, 0.15) is 5.56 Å². The fourth-order valence-corrected chi connectivity index (χ4v) is 1.83. The van der Waals surface area contributed by atoms with Crippen molar-refractivity contribution in [2.75, 3.05) is 14.2 Å². The van der Waals surface area contributed by atoms with Gasteiger partial charge in [0.2, 0.25) is 12.0 Å². The zero-order valence-corrected chi connectivity index (χ0v) is 11.1. The summed E-state index contributed by atoms with van der Waals surface area (Å²) in [6.45, 7) is 0. The third kappa shape index (κ3) is 3.78. The van der Waals surface area contributed by atoms with Gasteiger partial charge in [0.05, 0.1) is 14.2 Å². The first kappa shape index (κ1) is 15.6. The Morgan fingerprint density at radius 1 is 1.15 bits per heavy atom. The molecule has 0 radical (unpaired) electrons. The minimum absolute atomic E-state index is 0.0668. The van der Waals surface area contributed by atoms with Crippen molar-refractivity contribution in [3.63, 3.8) is 0 Å². The average molecular weight is 281 g/mol. The number of nitro groups is 1. The fraction of sp³-hybridized carbons (Fsp3) is 0.385. The van der Waals surface area contributed by atoms with Crippen molar-refractivity contribution < 1.29 is 24.0 Å². The molecule has 0 heterocycles. The van der Waals surface area contributed by atoms with Crippen LogP contribution in [0.15, 0.2) is 30.3 Å². The second-order valence-electron chi connectivity index (χ2n) is 4.07. The summed E-state index contributed by atoms with van der Waals surface area (Å²) < 4.78 is 8.92. The van der Waals surface area contributed by atoms with Crippen molar-refractivity contribution in [3.05, 3.63) is 46.0 Å². The molecule has 1 atom stereocenters. The molecule has 0 fully saturated rings. The van der Waals surface area contributed by atoms with Crippen molar-refractivity contribution in [1.29, 1.82) is 0 Å². The Balaban J connectivity index is 3.05. The van der Waals surface area contributed by atoms with Gasteiger partial charge in [-0.3, -0.25) is 19.7 Å². The van der Waals surface area contributed by atoms with E-state index in [1.165, 1.54) is 0 Å². The van der Waals surface area contributed by atoms with E-state index in [1.54, 1.807) is 30.3 Å². The molecule has 0 aliphatic carbocycles. The van der Waals surface area contributed by atoms with Crippen molar-refractivity contribution >= 4 is 11.9 Å². The summed E-state index contributed by atoms with van der Waals surface area (Å²) in [5.41, 5.74) is 0.645. The quantitative estimate of drug-likeness (QED) is 0.332. The van der Waals surface area contributed by atoms with Crippen LogP contribution < -0.4 is 0 Å². The molecule has 1 aromatic rings. The van der Waals surface area contributed by atoms with E-state index in [0.29, 0.717) is 5.56 Å². The van der Waals surface area contributed by atoms with E-state index in [0.717, 1.165) is 14.2 Å². The predicted octanol–water partition coefficient (Wildman–Crippen LogP) is 0.837. The first-order valence-electron chi connectivity index (χ1n) is 5.84. The minimum atomic E-state index is -1.58. The average Bonchev–Trinajstić information content (AvgIpc) is 2.46. The van der Waals surface area contributed by atoms with Crippen molar-refractivity contribution in [2.45, 2.75) is 12.5 Å². The minimum Gasteiger partial charge on any atom is -0.468 e. The van der Waals surface area contributed by atoms with Gasteiger partial charge in [0.15, 0.2) is 0 Å². The van der Waals surface area contributed by atoms with Crippen LogP contribution in [0.25, 0.3) is 0 Å². The van der Waals surface area contributed by atoms with E-state index in [-0.39, 0.29) is 6.42 Å². The lowest BCUT2D eigenvalue weighted by molar-refractivity contribution is -0.527. The van der Waals surface area contributed by atoms with E-state index < -0.39 is 28.8 Å². The zero-order valence-electron chi connectivity index (χ0n) is 11.1. The first-order chi connectivity index (χ1) is 9.51. The highest BCUT2D eigenvalue weighted by Crippen LogP contribution is 2.17. The van der Waals surface area contributed by atoms with E-state index in [9.17, 15) is 19.7 Å². The molecule has 1 rings (SSSR count). The van der Waals surface area contributed by atoms with Crippen molar-refractivity contribution in [1.82, 2.24) is 0 Å². The van der Waals surface area contributed by atoms with Crippen LogP contribution in [0, 0.1) is 16.0 Å². The molecule has 7 heteroatoms. The monoisotopic (exact) mass is 281 g/mol. The number of ether oxygens (including phenoxy) is 2. The fourth-order valence-electron chi connectivity index (χ4n) is 1.83. The third-order valence-electron chi connectivity index (χ3n) is 2.85. The van der Waals surface area contributed by atoms with E-state index >= 15 is 0 Å². The Hall–Kier alpha value is -2.44. The Morgan fingerprint density at radius 3 is 2.05 bits per heavy atom. The molecule has 0 amide bonds. The second-order valence-corrected chi connectivity index (χ2v) is 4.07. The van der Waals surface area contributed by atoms with Crippen LogP contribution >= 0.6 is 0 Å². The number of benzene rings is 1. The highest BCUT2D eigenvalue weighted by atomic mass is 16.6. The van der Waals surface area contributed by atoms with Crippen molar-refractivity contribution in [3.8, 4) is 0 Å². The molecule has 0 bridgehead atoms. The molecule has 0 aliphatic heterocycles. The molecular formula is C13H15NO6.